The quantitative estimate of drug-likeness (QED) is 0.784. The average Bonchev–Trinajstić information content (AvgIpc) is 2.38. The highest BCUT2D eigenvalue weighted by atomic mass is 79.9. The van der Waals surface area contributed by atoms with E-state index < -0.39 is 23.2 Å². The molecule has 0 aliphatic carbocycles. The summed E-state index contributed by atoms with van der Waals surface area (Å²) in [5.41, 5.74) is 0.714. The second-order valence-corrected chi connectivity index (χ2v) is 6.55. The molecule has 4 heteroatoms. The molecule has 2 rings (SSSR count). The molecule has 0 aliphatic rings. The van der Waals surface area contributed by atoms with Crippen LogP contribution in [0.15, 0.2) is 46.9 Å². The highest BCUT2D eigenvalue weighted by Gasteiger charge is 2.25. The summed E-state index contributed by atoms with van der Waals surface area (Å²) < 4.78 is 28.7. The Morgan fingerprint density at radius 3 is 2.05 bits per heavy atom. The molecule has 0 heterocycles. The molecule has 0 radical (unpaired) electrons. The zero-order valence-electron chi connectivity index (χ0n) is 12.3. The van der Waals surface area contributed by atoms with Gasteiger partial charge in [0.05, 0.1) is 0 Å². The Bertz CT molecular complexity index is 603. The van der Waals surface area contributed by atoms with E-state index in [2.05, 4.69) is 21.2 Å². The number of benzene rings is 2. The van der Waals surface area contributed by atoms with Crippen molar-refractivity contribution in [2.45, 2.75) is 32.4 Å². The molecule has 1 N–H and O–H groups in total. The van der Waals surface area contributed by atoms with Gasteiger partial charge in [0.2, 0.25) is 0 Å². The monoisotopic (exact) mass is 353 g/mol. The fourth-order valence-corrected chi connectivity index (χ4v) is 2.75. The minimum absolute atomic E-state index is 0.0719. The lowest BCUT2D eigenvalue weighted by molar-refractivity contribution is 0.345. The van der Waals surface area contributed by atoms with E-state index in [0.717, 1.165) is 10.0 Å². The molecule has 1 unspecified atom stereocenters. The van der Waals surface area contributed by atoms with Crippen molar-refractivity contribution in [3.05, 3.63) is 69.7 Å². The minimum atomic E-state index is -0.526. The Morgan fingerprint density at radius 1 is 1.00 bits per heavy atom. The van der Waals surface area contributed by atoms with Gasteiger partial charge in [-0.1, -0.05) is 34.1 Å². The van der Waals surface area contributed by atoms with E-state index >= 15 is 0 Å². The molecule has 0 saturated heterocycles. The SMILES string of the molecule is CC(NC(C)(C)c1ccc(Br)cc1)c1c(F)cccc1F. The van der Waals surface area contributed by atoms with Gasteiger partial charge in [0.25, 0.3) is 0 Å². The summed E-state index contributed by atoms with van der Waals surface area (Å²) in [4.78, 5) is 0. The summed E-state index contributed by atoms with van der Waals surface area (Å²) in [7, 11) is 0. The molecule has 0 bridgehead atoms. The van der Waals surface area contributed by atoms with Gasteiger partial charge in [0.1, 0.15) is 11.6 Å². The van der Waals surface area contributed by atoms with Crippen LogP contribution in [0.1, 0.15) is 37.9 Å². The lowest BCUT2D eigenvalue weighted by Gasteiger charge is -2.31. The van der Waals surface area contributed by atoms with E-state index in [1.807, 2.05) is 38.1 Å². The van der Waals surface area contributed by atoms with E-state index in [4.69, 9.17) is 0 Å². The van der Waals surface area contributed by atoms with E-state index in [1.54, 1.807) is 6.92 Å². The maximum atomic E-state index is 13.8. The van der Waals surface area contributed by atoms with Crippen molar-refractivity contribution >= 4 is 15.9 Å². The predicted octanol–water partition coefficient (Wildman–Crippen LogP) is 5.31. The molecule has 0 fully saturated rings. The summed E-state index contributed by atoms with van der Waals surface area (Å²) in [6.45, 7) is 5.75. The number of rotatable bonds is 4. The van der Waals surface area contributed by atoms with Crippen molar-refractivity contribution in [2.75, 3.05) is 0 Å². The number of nitrogens with one attached hydrogen (secondary N) is 1. The Balaban J connectivity index is 2.25. The summed E-state index contributed by atoms with van der Waals surface area (Å²) in [5.74, 6) is -1.05. The van der Waals surface area contributed by atoms with Crippen LogP contribution < -0.4 is 5.32 Å². The Labute approximate surface area is 132 Å². The van der Waals surface area contributed by atoms with Gasteiger partial charge in [-0.3, -0.25) is 0 Å². The van der Waals surface area contributed by atoms with Crippen molar-refractivity contribution in [3.63, 3.8) is 0 Å². The van der Waals surface area contributed by atoms with Crippen molar-refractivity contribution < 1.29 is 8.78 Å². The normalized spacial score (nSPS) is 13.2. The van der Waals surface area contributed by atoms with Gasteiger partial charge in [-0.25, -0.2) is 8.78 Å². The average molecular weight is 354 g/mol. The molecule has 0 saturated carbocycles. The van der Waals surface area contributed by atoms with Gasteiger partial charge in [-0.15, -0.1) is 0 Å². The van der Waals surface area contributed by atoms with Crippen LogP contribution in [0.3, 0.4) is 0 Å². The van der Waals surface area contributed by atoms with Crippen molar-refractivity contribution in [1.82, 2.24) is 5.32 Å². The van der Waals surface area contributed by atoms with Gasteiger partial charge in [0, 0.05) is 21.6 Å². The third-order valence-corrected chi connectivity index (χ3v) is 4.10. The van der Waals surface area contributed by atoms with E-state index in [1.165, 1.54) is 18.2 Å². The van der Waals surface area contributed by atoms with E-state index in [9.17, 15) is 8.78 Å². The smallest absolute Gasteiger partial charge is 0.130 e. The number of halogens is 3. The molecule has 0 aliphatic heterocycles. The summed E-state index contributed by atoms with van der Waals surface area (Å²) >= 11 is 3.40. The zero-order valence-corrected chi connectivity index (χ0v) is 13.8. The van der Waals surface area contributed by atoms with Crippen LogP contribution >= 0.6 is 15.9 Å². The second-order valence-electron chi connectivity index (χ2n) is 5.63. The lowest BCUT2D eigenvalue weighted by atomic mass is 9.92. The predicted molar refractivity (Wildman–Crippen MR) is 85.1 cm³/mol. The van der Waals surface area contributed by atoms with Crippen LogP contribution in [0.2, 0.25) is 0 Å². The van der Waals surface area contributed by atoms with Gasteiger partial charge in [0.15, 0.2) is 0 Å². The van der Waals surface area contributed by atoms with Crippen LogP contribution in [-0.2, 0) is 5.54 Å². The van der Waals surface area contributed by atoms with Crippen LogP contribution in [0.25, 0.3) is 0 Å². The van der Waals surface area contributed by atoms with Gasteiger partial charge in [-0.2, -0.15) is 0 Å². The molecular weight excluding hydrogens is 336 g/mol. The standard InChI is InChI=1S/C17H18BrF2N/c1-11(16-14(19)5-4-6-15(16)20)21-17(2,3)12-7-9-13(18)10-8-12/h4-11,21H,1-3H3. The molecule has 1 atom stereocenters. The second kappa shape index (κ2) is 6.24. The first-order valence-electron chi connectivity index (χ1n) is 6.79. The highest BCUT2D eigenvalue weighted by Crippen LogP contribution is 2.28. The maximum Gasteiger partial charge on any atom is 0.130 e. The van der Waals surface area contributed by atoms with E-state index in [0.29, 0.717) is 0 Å². The number of hydrogen-bond acceptors (Lipinski definition) is 1. The zero-order chi connectivity index (χ0) is 15.6. The van der Waals surface area contributed by atoms with Gasteiger partial charge >= 0.3 is 0 Å². The molecule has 0 aromatic heterocycles. The van der Waals surface area contributed by atoms with Crippen molar-refractivity contribution in [1.29, 1.82) is 0 Å². The molecule has 0 spiro atoms. The largest absolute Gasteiger partial charge is 0.301 e. The summed E-state index contributed by atoms with van der Waals surface area (Å²) in [5, 5.41) is 3.29. The van der Waals surface area contributed by atoms with E-state index in [-0.39, 0.29) is 5.56 Å². The molecule has 112 valence electrons. The first kappa shape index (κ1) is 16.1. The van der Waals surface area contributed by atoms with Crippen LogP contribution in [0, 0.1) is 11.6 Å². The first-order chi connectivity index (χ1) is 9.81. The molecule has 2 aromatic rings. The fraction of sp³-hybridized carbons (Fsp3) is 0.294. The first-order valence-corrected chi connectivity index (χ1v) is 7.58. The van der Waals surface area contributed by atoms with Crippen LogP contribution in [0.4, 0.5) is 8.78 Å². The molecule has 2 aromatic carbocycles. The summed E-state index contributed by atoms with van der Waals surface area (Å²) in [6, 6.07) is 11.4. The molecule has 21 heavy (non-hydrogen) atoms. The lowest BCUT2D eigenvalue weighted by Crippen LogP contribution is -2.38. The topological polar surface area (TPSA) is 12.0 Å². The summed E-state index contributed by atoms with van der Waals surface area (Å²) in [6.07, 6.45) is 0. The molecule has 0 amide bonds. The number of hydrogen-bond donors (Lipinski definition) is 1. The van der Waals surface area contributed by atoms with Crippen LogP contribution in [-0.4, -0.2) is 0 Å². The molecular formula is C17H18BrF2N. The minimum Gasteiger partial charge on any atom is -0.301 e. The third-order valence-electron chi connectivity index (χ3n) is 3.58. The maximum absolute atomic E-state index is 13.8. The Hall–Kier alpha value is -1.26. The third kappa shape index (κ3) is 3.69. The van der Waals surface area contributed by atoms with Crippen molar-refractivity contribution in [3.8, 4) is 0 Å². The van der Waals surface area contributed by atoms with Crippen LogP contribution in [0.5, 0.6) is 0 Å². The highest BCUT2D eigenvalue weighted by molar-refractivity contribution is 9.10. The Morgan fingerprint density at radius 2 is 1.52 bits per heavy atom. The Kier molecular flexibility index (Phi) is 4.79. The van der Waals surface area contributed by atoms with Gasteiger partial charge < -0.3 is 5.32 Å². The molecule has 1 nitrogen and oxygen atoms in total. The van der Waals surface area contributed by atoms with Gasteiger partial charge in [-0.05, 0) is 50.6 Å². The van der Waals surface area contributed by atoms with Crippen molar-refractivity contribution in [2.24, 2.45) is 0 Å². The fourth-order valence-electron chi connectivity index (χ4n) is 2.49.